The van der Waals surface area contributed by atoms with E-state index in [-0.39, 0.29) is 30.1 Å². The van der Waals surface area contributed by atoms with Gasteiger partial charge in [-0.3, -0.25) is 9.59 Å². The number of hydrogen-bond acceptors (Lipinski definition) is 4. The van der Waals surface area contributed by atoms with Gasteiger partial charge in [0.15, 0.2) is 0 Å². The Bertz CT molecular complexity index is 574. The van der Waals surface area contributed by atoms with E-state index in [1.54, 1.807) is 17.0 Å². The van der Waals surface area contributed by atoms with E-state index < -0.39 is 0 Å². The number of hydrogen-bond donors (Lipinski definition) is 2. The lowest BCUT2D eigenvalue weighted by atomic mass is 10.1. The molecule has 2 rings (SSSR count). The molecule has 1 atom stereocenters. The molecular formula is C17H26ClN3O3. The molecule has 2 N–H and O–H groups in total. The van der Waals surface area contributed by atoms with Crippen molar-refractivity contribution in [1.29, 1.82) is 0 Å². The number of benzene rings is 1. The van der Waals surface area contributed by atoms with E-state index in [1.807, 2.05) is 27.0 Å². The van der Waals surface area contributed by atoms with Gasteiger partial charge >= 0.3 is 0 Å². The zero-order valence-electron chi connectivity index (χ0n) is 14.4. The average Bonchev–Trinajstić information content (AvgIpc) is 2.57. The Morgan fingerprint density at radius 3 is 2.58 bits per heavy atom. The fourth-order valence-corrected chi connectivity index (χ4v) is 2.49. The standard InChI is InChI=1S/C17H25N3O3.ClH/c1-12-4-5-14(17(22)20-6-8-23-9-7-20)10-15(12)19-16(21)13(2)11-18-3;/h4-5,10,13,18H,6-9,11H2,1-3H3,(H,19,21);1H. The summed E-state index contributed by atoms with van der Waals surface area (Å²) in [4.78, 5) is 26.5. The fourth-order valence-electron chi connectivity index (χ4n) is 2.49. The number of anilines is 1. The van der Waals surface area contributed by atoms with Gasteiger partial charge in [-0.2, -0.15) is 0 Å². The first-order valence-electron chi connectivity index (χ1n) is 7.96. The maximum atomic E-state index is 12.5. The Balaban J connectivity index is 0.00000288. The number of nitrogens with one attached hydrogen (secondary N) is 2. The van der Waals surface area contributed by atoms with E-state index in [4.69, 9.17) is 4.74 Å². The maximum absolute atomic E-state index is 12.5. The molecule has 6 nitrogen and oxygen atoms in total. The molecule has 0 saturated carbocycles. The summed E-state index contributed by atoms with van der Waals surface area (Å²) in [7, 11) is 1.82. The summed E-state index contributed by atoms with van der Waals surface area (Å²) in [6.07, 6.45) is 0. The van der Waals surface area contributed by atoms with Crippen molar-refractivity contribution in [3.8, 4) is 0 Å². The first kappa shape index (κ1) is 20.4. The number of morpholine rings is 1. The molecule has 1 aliphatic heterocycles. The second kappa shape index (κ2) is 9.61. The summed E-state index contributed by atoms with van der Waals surface area (Å²) < 4.78 is 5.27. The smallest absolute Gasteiger partial charge is 0.254 e. The van der Waals surface area contributed by atoms with Gasteiger partial charge in [0.05, 0.1) is 13.2 Å². The minimum Gasteiger partial charge on any atom is -0.378 e. The van der Waals surface area contributed by atoms with Crippen molar-refractivity contribution >= 4 is 29.9 Å². The van der Waals surface area contributed by atoms with E-state index in [9.17, 15) is 9.59 Å². The highest BCUT2D eigenvalue weighted by Gasteiger charge is 2.20. The molecular weight excluding hydrogens is 330 g/mol. The van der Waals surface area contributed by atoms with E-state index in [2.05, 4.69) is 10.6 Å². The average molecular weight is 356 g/mol. The van der Waals surface area contributed by atoms with Crippen LogP contribution in [0.3, 0.4) is 0 Å². The van der Waals surface area contributed by atoms with Crippen LogP contribution in [-0.4, -0.2) is 56.6 Å². The minimum absolute atomic E-state index is 0. The molecule has 0 aromatic heterocycles. The number of nitrogens with zero attached hydrogens (tertiary/aromatic N) is 1. The van der Waals surface area contributed by atoms with E-state index >= 15 is 0 Å². The van der Waals surface area contributed by atoms with Crippen LogP contribution < -0.4 is 10.6 Å². The molecule has 24 heavy (non-hydrogen) atoms. The number of halogens is 1. The number of amides is 2. The predicted octanol–water partition coefficient (Wildman–Crippen LogP) is 1.68. The zero-order valence-corrected chi connectivity index (χ0v) is 15.2. The maximum Gasteiger partial charge on any atom is 0.254 e. The Hall–Kier alpha value is -1.63. The normalized spacial score (nSPS) is 15.4. The van der Waals surface area contributed by atoms with Crippen molar-refractivity contribution in [2.75, 3.05) is 45.2 Å². The van der Waals surface area contributed by atoms with Crippen molar-refractivity contribution in [3.63, 3.8) is 0 Å². The van der Waals surface area contributed by atoms with Gasteiger partial charge in [-0.1, -0.05) is 13.0 Å². The van der Waals surface area contributed by atoms with E-state index in [1.165, 1.54) is 0 Å². The molecule has 1 unspecified atom stereocenters. The molecule has 1 aromatic carbocycles. The van der Waals surface area contributed by atoms with Gasteiger partial charge in [-0.25, -0.2) is 0 Å². The van der Waals surface area contributed by atoms with Crippen molar-refractivity contribution < 1.29 is 14.3 Å². The molecule has 134 valence electrons. The molecule has 7 heteroatoms. The van der Waals surface area contributed by atoms with Crippen molar-refractivity contribution in [2.24, 2.45) is 5.92 Å². The minimum atomic E-state index is -0.141. The summed E-state index contributed by atoms with van der Waals surface area (Å²) >= 11 is 0. The van der Waals surface area contributed by atoms with Crippen LogP contribution in [0, 0.1) is 12.8 Å². The molecule has 0 bridgehead atoms. The lowest BCUT2D eigenvalue weighted by Crippen LogP contribution is -2.40. The van der Waals surface area contributed by atoms with Crippen LogP contribution in [0.25, 0.3) is 0 Å². The van der Waals surface area contributed by atoms with Gasteiger partial charge in [0.1, 0.15) is 0 Å². The van der Waals surface area contributed by atoms with Gasteiger partial charge in [0.25, 0.3) is 5.91 Å². The third-order valence-corrected chi connectivity index (χ3v) is 4.00. The number of carbonyl (C=O) groups excluding carboxylic acids is 2. The summed E-state index contributed by atoms with van der Waals surface area (Å²) in [6, 6.07) is 5.43. The quantitative estimate of drug-likeness (QED) is 0.843. The Morgan fingerprint density at radius 1 is 1.29 bits per heavy atom. The van der Waals surface area contributed by atoms with Gasteiger partial charge in [-0.05, 0) is 31.7 Å². The van der Waals surface area contributed by atoms with E-state index in [0.717, 1.165) is 5.56 Å². The third kappa shape index (κ3) is 5.19. The molecule has 2 amide bonds. The first-order valence-corrected chi connectivity index (χ1v) is 7.96. The lowest BCUT2D eigenvalue weighted by Gasteiger charge is -2.27. The topological polar surface area (TPSA) is 70.7 Å². The van der Waals surface area contributed by atoms with Crippen LogP contribution in [0.5, 0.6) is 0 Å². The summed E-state index contributed by atoms with van der Waals surface area (Å²) in [5.74, 6) is -0.219. The summed E-state index contributed by atoms with van der Waals surface area (Å²) in [6.45, 7) is 6.75. The number of rotatable bonds is 5. The van der Waals surface area contributed by atoms with Crippen LogP contribution >= 0.6 is 12.4 Å². The Morgan fingerprint density at radius 2 is 1.96 bits per heavy atom. The van der Waals surface area contributed by atoms with Gasteiger partial charge in [0, 0.05) is 36.8 Å². The number of ether oxygens (including phenoxy) is 1. The van der Waals surface area contributed by atoms with E-state index in [0.29, 0.717) is 44.1 Å². The molecule has 1 aromatic rings. The summed E-state index contributed by atoms with van der Waals surface area (Å²) in [5.41, 5.74) is 2.22. The molecule has 1 heterocycles. The van der Waals surface area contributed by atoms with Crippen molar-refractivity contribution in [3.05, 3.63) is 29.3 Å². The van der Waals surface area contributed by atoms with Crippen molar-refractivity contribution in [2.45, 2.75) is 13.8 Å². The number of carbonyl (C=O) groups is 2. The molecule has 1 saturated heterocycles. The SMILES string of the molecule is CNCC(C)C(=O)Nc1cc(C(=O)N2CCOCC2)ccc1C.Cl. The Labute approximate surface area is 149 Å². The molecule has 0 spiro atoms. The monoisotopic (exact) mass is 355 g/mol. The molecule has 1 fully saturated rings. The van der Waals surface area contributed by atoms with Gasteiger partial charge in [0.2, 0.25) is 5.91 Å². The molecule has 1 aliphatic rings. The number of aryl methyl sites for hydroxylation is 1. The highest BCUT2D eigenvalue weighted by molar-refractivity contribution is 5.98. The zero-order chi connectivity index (χ0) is 16.8. The fraction of sp³-hybridized carbons (Fsp3) is 0.529. The second-order valence-corrected chi connectivity index (χ2v) is 5.88. The predicted molar refractivity (Wildman–Crippen MR) is 96.9 cm³/mol. The highest BCUT2D eigenvalue weighted by atomic mass is 35.5. The van der Waals surface area contributed by atoms with Crippen molar-refractivity contribution in [1.82, 2.24) is 10.2 Å². The van der Waals surface area contributed by atoms with Gasteiger partial charge < -0.3 is 20.3 Å². The van der Waals surface area contributed by atoms with Crippen LogP contribution in [0.1, 0.15) is 22.8 Å². The highest BCUT2D eigenvalue weighted by Crippen LogP contribution is 2.19. The molecule has 0 aliphatic carbocycles. The molecule has 0 radical (unpaired) electrons. The van der Waals surface area contributed by atoms with Crippen LogP contribution in [0.15, 0.2) is 18.2 Å². The van der Waals surface area contributed by atoms with Crippen LogP contribution in [0.2, 0.25) is 0 Å². The van der Waals surface area contributed by atoms with Gasteiger partial charge in [-0.15, -0.1) is 12.4 Å². The van der Waals surface area contributed by atoms with Crippen LogP contribution in [-0.2, 0) is 9.53 Å². The first-order chi connectivity index (χ1) is 11.0. The lowest BCUT2D eigenvalue weighted by molar-refractivity contribution is -0.119. The summed E-state index contributed by atoms with van der Waals surface area (Å²) in [5, 5.41) is 5.91. The second-order valence-electron chi connectivity index (χ2n) is 5.88. The van der Waals surface area contributed by atoms with Crippen LogP contribution in [0.4, 0.5) is 5.69 Å². The largest absolute Gasteiger partial charge is 0.378 e. The Kier molecular flexibility index (Phi) is 8.18. The third-order valence-electron chi connectivity index (χ3n) is 4.00.